The molecule has 58 heavy (non-hydrogen) atoms. The molecule has 1 saturated heterocycles. The normalized spacial score (nSPS) is 28.7. The van der Waals surface area contributed by atoms with E-state index in [-0.39, 0.29) is 31.8 Å². The molecule has 0 amide bonds. The molecule has 7 nitrogen and oxygen atoms in total. The average Bonchev–Trinajstić information content (AvgIpc) is 3.46. The largest absolute Gasteiger partial charge is 0.509 e. The fourth-order valence-electron chi connectivity index (χ4n) is 7.19. The first-order valence-electron chi connectivity index (χ1n) is 16.7. The number of ether oxygens (including phenoxy) is 2. The molecule has 0 aromatic carbocycles. The monoisotopic (exact) mass is 1350 g/mol. The van der Waals surface area contributed by atoms with E-state index in [9.17, 15) is 4.79 Å². The highest BCUT2D eigenvalue weighted by Gasteiger charge is 2.68. The van der Waals surface area contributed by atoms with Crippen LogP contribution in [0.4, 0.5) is 4.79 Å². The van der Waals surface area contributed by atoms with Crippen LogP contribution in [0.3, 0.4) is 0 Å². The van der Waals surface area contributed by atoms with Gasteiger partial charge in [0.15, 0.2) is 17.5 Å². The van der Waals surface area contributed by atoms with Crippen molar-refractivity contribution < 1.29 is 32.6 Å². The minimum atomic E-state index is -1.37. The predicted molar refractivity (Wildman–Crippen MR) is 351 cm³/mol. The Balaban J connectivity index is 2.32. The van der Waals surface area contributed by atoms with Gasteiger partial charge < -0.3 is 23.0 Å². The number of fused-ring (bicyclic) bond motifs is 4. The molecule has 0 radical (unpaired) electrons. The summed E-state index contributed by atoms with van der Waals surface area (Å²) in [6.45, 7) is 9.07. The van der Waals surface area contributed by atoms with E-state index < -0.39 is 114 Å². The van der Waals surface area contributed by atoms with E-state index in [1.807, 2.05) is 6.92 Å². The van der Waals surface area contributed by atoms with E-state index in [4.69, 9.17) is 23.0 Å². The lowest BCUT2D eigenvalue weighted by atomic mass is 9.54. The number of Topliss-reactive ketones (excluding diaryl/α,β-unsaturated/α-hetero) is 1. The fourth-order valence-corrected chi connectivity index (χ4v) is 202. The maximum atomic E-state index is 15.7. The molecule has 1 aliphatic heterocycles. The van der Waals surface area contributed by atoms with Crippen molar-refractivity contribution in [3.8, 4) is 0 Å². The highest BCUT2D eigenvalue weighted by molar-refractivity contribution is 9.19. The lowest BCUT2D eigenvalue weighted by molar-refractivity contribution is -0.142. The SMILES string of the molecule is C=C(CCCOP(P(P)P)P(P)P)[C@@]12OC(=O)O[C@@H]1C1C[C@H](OP(P(P)P(P)P)P(P(P)P)P(P)P)C(C)=C([C@@H](OP(P(P)P)P(PP)P(P)P)C(=O)[C@H]2C)C1(C)C. The molecule has 336 valence electrons. The minimum absolute atomic E-state index is 0.0783. The smallest absolute Gasteiger partial charge is 0.426 e. The molecular formula is C21H60O7P30. The van der Waals surface area contributed by atoms with E-state index in [0.29, 0.717) is 39.4 Å². The lowest BCUT2D eigenvalue weighted by Crippen LogP contribution is -2.62. The van der Waals surface area contributed by atoms with Crippen LogP contribution in [-0.2, 0) is 27.8 Å². The van der Waals surface area contributed by atoms with Gasteiger partial charge in [0.2, 0.25) is 0 Å². The fraction of sp³-hybridized carbons (Fsp3) is 0.714. The maximum absolute atomic E-state index is 15.7. The number of rotatable bonds is 21. The number of ketones is 1. The van der Waals surface area contributed by atoms with Gasteiger partial charge in [0.25, 0.3) is 0 Å². The molecule has 0 N–H and O–H groups in total. The van der Waals surface area contributed by atoms with Crippen LogP contribution in [0, 0.1) is 17.3 Å². The van der Waals surface area contributed by atoms with Crippen LogP contribution in [-0.4, -0.2) is 42.5 Å². The second kappa shape index (κ2) is 29.5. The van der Waals surface area contributed by atoms with E-state index in [1.165, 1.54) is 0 Å². The van der Waals surface area contributed by atoms with Crippen molar-refractivity contribution in [2.45, 2.75) is 70.9 Å². The van der Waals surface area contributed by atoms with Crippen molar-refractivity contribution in [2.24, 2.45) is 17.3 Å². The summed E-state index contributed by atoms with van der Waals surface area (Å²) >= 11 is 0. The Morgan fingerprint density at radius 2 is 1.36 bits per heavy atom. The Labute approximate surface area is 402 Å². The number of hydrogen-bond acceptors (Lipinski definition) is 7. The van der Waals surface area contributed by atoms with Crippen molar-refractivity contribution in [1.29, 1.82) is 0 Å². The lowest BCUT2D eigenvalue weighted by Gasteiger charge is -2.54. The Kier molecular flexibility index (Phi) is 32.3. The van der Waals surface area contributed by atoms with E-state index in [0.717, 1.165) is 11.1 Å². The number of hydrogen-bond donors (Lipinski definition) is 0. The van der Waals surface area contributed by atoms with Gasteiger partial charge in [0, 0.05) is 26.9 Å². The molecule has 0 aromatic rings. The van der Waals surface area contributed by atoms with Crippen molar-refractivity contribution in [3.63, 3.8) is 0 Å². The zero-order valence-electron chi connectivity index (χ0n) is 32.3. The molecule has 2 fully saturated rings. The summed E-state index contributed by atoms with van der Waals surface area (Å²) < 4.78 is 34.4. The van der Waals surface area contributed by atoms with Gasteiger partial charge in [-0.2, -0.15) is 0 Å². The maximum Gasteiger partial charge on any atom is 0.509 e. The van der Waals surface area contributed by atoms with Crippen molar-refractivity contribution >= 4 is 255 Å². The van der Waals surface area contributed by atoms with Gasteiger partial charge in [-0.1, -0.05) is 44.2 Å². The molecule has 3 rings (SSSR count). The number of carbonyl (C=O) groups excluding carboxylic acids is 2. The molecule has 37 heteroatoms. The standard InChI is InChI=1S/C21H60O7P30/c1-10(7-6-8-24-46(49(30)31)50(32)33)21-12(3)16(22)17(28-47(51(34)35)57(45-29)53(38)39)15-11(2)14(9-13(20(15,4)5)18(21)25-19(23)26-21)27-48(56(44)52(36)37)58(54(40)41)55(42)43/h12-14,17-18,45H,1,6-9,29-44H2,2-5H3/t12-,13?,14+,17-,18-,21+,47?,48?,56?,57?/m1/s1. The Bertz CT molecular complexity index is 1440. The summed E-state index contributed by atoms with van der Waals surface area (Å²) in [5, 5.41) is 0. The summed E-state index contributed by atoms with van der Waals surface area (Å²) in [6, 6.07) is 0. The van der Waals surface area contributed by atoms with Crippen LogP contribution in [0.25, 0.3) is 0 Å². The van der Waals surface area contributed by atoms with E-state index in [2.05, 4.69) is 170 Å². The number of carbonyl (C=O) groups is 2. The van der Waals surface area contributed by atoms with E-state index in [1.54, 1.807) is 0 Å². The van der Waals surface area contributed by atoms with Crippen molar-refractivity contribution in [2.75, 3.05) is 6.61 Å². The van der Waals surface area contributed by atoms with Crippen LogP contribution in [0.1, 0.15) is 47.0 Å². The molecule has 3 aliphatic rings. The molecule has 0 aromatic heterocycles. The third kappa shape index (κ3) is 16.1. The highest BCUT2D eigenvalue weighted by Crippen LogP contribution is 3.18. The topological polar surface area (TPSA) is 80.3 Å². The molecule has 1 heterocycles. The summed E-state index contributed by atoms with van der Waals surface area (Å²) in [4.78, 5) is 29.4. The molecule has 22 unspecified atom stereocenters. The van der Waals surface area contributed by atoms with Crippen LogP contribution >= 0.6 is 243 Å². The molecule has 0 spiro atoms. The van der Waals surface area contributed by atoms with Crippen LogP contribution in [0.15, 0.2) is 23.3 Å². The minimum Gasteiger partial charge on any atom is -0.426 e. The molecule has 2 aliphatic carbocycles. The first kappa shape index (κ1) is 63.5. The third-order valence-electron chi connectivity index (χ3n) is 9.72. The summed E-state index contributed by atoms with van der Waals surface area (Å²) in [5.74, 6) is -1.07. The van der Waals surface area contributed by atoms with E-state index >= 15 is 4.79 Å². The summed E-state index contributed by atoms with van der Waals surface area (Å²) in [6.07, 6.45) is -0.746. The van der Waals surface area contributed by atoms with Gasteiger partial charge in [-0.3, -0.25) is 4.79 Å². The van der Waals surface area contributed by atoms with Gasteiger partial charge in [-0.05, 0) is 97.2 Å². The van der Waals surface area contributed by atoms with Gasteiger partial charge in [0.05, 0.1) is 41.2 Å². The molecular weight excluding hydrogens is 1290 g/mol. The van der Waals surface area contributed by atoms with Gasteiger partial charge >= 0.3 is 6.16 Å². The van der Waals surface area contributed by atoms with Gasteiger partial charge in [-0.25, -0.2) is 4.79 Å². The first-order chi connectivity index (χ1) is 26.8. The van der Waals surface area contributed by atoms with Crippen molar-refractivity contribution in [3.05, 3.63) is 23.3 Å². The predicted octanol–water partition coefficient (Wildman–Crippen LogP) is 20.4. The van der Waals surface area contributed by atoms with Crippen LogP contribution in [0.5, 0.6) is 0 Å². The van der Waals surface area contributed by atoms with Crippen LogP contribution in [0.2, 0.25) is 0 Å². The Morgan fingerprint density at radius 1 is 0.810 bits per heavy atom. The summed E-state index contributed by atoms with van der Waals surface area (Å²) in [5.41, 5.74) is 0.817. The second-order valence-corrected chi connectivity index (χ2v) is 120. The summed E-state index contributed by atoms with van der Waals surface area (Å²) in [7, 11) is 46.8. The third-order valence-corrected chi connectivity index (χ3v) is 150. The van der Waals surface area contributed by atoms with Crippen LogP contribution < -0.4 is 0 Å². The highest BCUT2D eigenvalue weighted by atomic mass is 33.2. The van der Waals surface area contributed by atoms with Gasteiger partial charge in [0.1, 0.15) is 6.10 Å². The molecule has 2 bridgehead atoms. The second-order valence-electron chi connectivity index (χ2n) is 13.5. The Hall–Kier alpha value is 11.2. The van der Waals surface area contributed by atoms with Gasteiger partial charge in [-0.15, -0.1) is 134 Å². The average molecular weight is 1350 g/mol. The quantitative estimate of drug-likeness (QED) is 0.0490. The molecule has 1 saturated carbocycles. The van der Waals surface area contributed by atoms with Crippen molar-refractivity contribution in [1.82, 2.24) is 0 Å². The zero-order chi connectivity index (χ0) is 44.4. The first-order valence-corrected chi connectivity index (χ1v) is 68.8. The zero-order valence-corrected chi connectivity index (χ0v) is 63.4. The molecule has 27 atom stereocenters. The Morgan fingerprint density at radius 3 is 1.83 bits per heavy atom.